The van der Waals surface area contributed by atoms with Gasteiger partial charge in [-0.3, -0.25) is 4.79 Å². The lowest BCUT2D eigenvalue weighted by Gasteiger charge is -2.24. The quantitative estimate of drug-likeness (QED) is 0.814. The Morgan fingerprint density at radius 2 is 1.95 bits per heavy atom. The van der Waals surface area contributed by atoms with Crippen LogP contribution in [0, 0.1) is 0 Å². The van der Waals surface area contributed by atoms with Crippen LogP contribution in [0.4, 0.5) is 0 Å². The minimum Gasteiger partial charge on any atom is -0.358 e. The number of hydrogen-bond acceptors (Lipinski definition) is 3. The topological polar surface area (TPSA) is 32.3 Å². The molecule has 2 rings (SSSR count). The van der Waals surface area contributed by atoms with E-state index in [0.717, 1.165) is 35.8 Å². The summed E-state index contributed by atoms with van der Waals surface area (Å²) in [4.78, 5) is 14.6. The molecule has 1 saturated carbocycles. The Hall–Kier alpha value is -1.07. The molecule has 0 aromatic heterocycles. The van der Waals surface area contributed by atoms with Gasteiger partial charge in [-0.1, -0.05) is 54.3 Å². The predicted octanol–water partition coefficient (Wildman–Crippen LogP) is 3.37. The van der Waals surface area contributed by atoms with Crippen LogP contribution >= 0.6 is 24.0 Å². The molecule has 1 atom stereocenters. The second-order valence-corrected chi connectivity index (χ2v) is 6.87. The molecule has 0 spiro atoms. The van der Waals surface area contributed by atoms with Gasteiger partial charge in [-0.15, -0.1) is 0 Å². The van der Waals surface area contributed by atoms with Crippen molar-refractivity contribution in [1.29, 1.82) is 0 Å². The highest BCUT2D eigenvalue weighted by molar-refractivity contribution is 8.23. The summed E-state index contributed by atoms with van der Waals surface area (Å²) in [6.07, 6.45) is 2.19. The van der Waals surface area contributed by atoms with Crippen LogP contribution in [0.5, 0.6) is 0 Å². The van der Waals surface area contributed by atoms with Crippen molar-refractivity contribution in [1.82, 2.24) is 10.2 Å². The van der Waals surface area contributed by atoms with Gasteiger partial charge in [0.1, 0.15) is 9.57 Å². The molecule has 0 saturated heterocycles. The highest BCUT2D eigenvalue weighted by Gasteiger charge is 2.30. The fourth-order valence-electron chi connectivity index (χ4n) is 2.06. The van der Waals surface area contributed by atoms with E-state index in [0.29, 0.717) is 6.04 Å². The van der Waals surface area contributed by atoms with Gasteiger partial charge in [0.05, 0.1) is 0 Å². The standard InChI is InChI=1S/C16H22N2OS2/c1-3-18(4-2)16(20)21-14(12-8-6-5-7-9-12)15(19)17-13-10-11-13/h5-9,13-14H,3-4,10-11H2,1-2H3,(H,17,19)/t14-/m0/s1. The Labute approximate surface area is 136 Å². The number of amides is 1. The van der Waals surface area contributed by atoms with Crippen molar-refractivity contribution in [3.05, 3.63) is 35.9 Å². The average molecular weight is 322 g/mol. The van der Waals surface area contributed by atoms with E-state index in [-0.39, 0.29) is 11.2 Å². The first-order chi connectivity index (χ1) is 10.2. The number of benzene rings is 1. The second-order valence-electron chi connectivity index (χ2n) is 5.13. The number of hydrogen-bond donors (Lipinski definition) is 1. The van der Waals surface area contributed by atoms with Gasteiger partial charge >= 0.3 is 0 Å². The van der Waals surface area contributed by atoms with Crippen LogP contribution in [0.1, 0.15) is 37.5 Å². The molecule has 21 heavy (non-hydrogen) atoms. The molecular formula is C16H22N2OS2. The third kappa shape index (κ3) is 4.71. The van der Waals surface area contributed by atoms with Crippen LogP contribution in [0.25, 0.3) is 0 Å². The first-order valence-electron chi connectivity index (χ1n) is 7.46. The van der Waals surface area contributed by atoms with Crippen LogP contribution in [0.3, 0.4) is 0 Å². The summed E-state index contributed by atoms with van der Waals surface area (Å²) in [6, 6.07) is 10.3. The van der Waals surface area contributed by atoms with E-state index < -0.39 is 0 Å². The van der Waals surface area contributed by atoms with Gasteiger partial charge < -0.3 is 10.2 Å². The smallest absolute Gasteiger partial charge is 0.238 e. The van der Waals surface area contributed by atoms with E-state index in [1.807, 2.05) is 30.3 Å². The van der Waals surface area contributed by atoms with Gasteiger partial charge in [-0.2, -0.15) is 0 Å². The molecule has 0 bridgehead atoms. The van der Waals surface area contributed by atoms with Crippen molar-refractivity contribution in [2.45, 2.75) is 38.0 Å². The van der Waals surface area contributed by atoms with Gasteiger partial charge in [-0.25, -0.2) is 0 Å². The van der Waals surface area contributed by atoms with Crippen molar-refractivity contribution in [3.63, 3.8) is 0 Å². The SMILES string of the molecule is CCN(CC)C(=S)S[C@H](C(=O)NC1CC1)c1ccccc1. The second kappa shape index (κ2) is 7.80. The Balaban J connectivity index is 2.11. The minimum absolute atomic E-state index is 0.0724. The summed E-state index contributed by atoms with van der Waals surface area (Å²) >= 11 is 6.99. The van der Waals surface area contributed by atoms with E-state index >= 15 is 0 Å². The predicted molar refractivity (Wildman–Crippen MR) is 93.5 cm³/mol. The molecule has 1 aliphatic rings. The van der Waals surface area contributed by atoms with Crippen LogP contribution < -0.4 is 5.32 Å². The molecule has 1 N–H and O–H groups in total. The van der Waals surface area contributed by atoms with E-state index in [2.05, 4.69) is 24.1 Å². The van der Waals surface area contributed by atoms with Crippen LogP contribution in [-0.4, -0.2) is 34.3 Å². The van der Waals surface area contributed by atoms with Crippen LogP contribution in [0.2, 0.25) is 0 Å². The molecule has 0 unspecified atom stereocenters. The monoisotopic (exact) mass is 322 g/mol. The maximum absolute atomic E-state index is 12.5. The van der Waals surface area contributed by atoms with E-state index in [1.54, 1.807) is 0 Å². The molecule has 1 aromatic carbocycles. The highest BCUT2D eigenvalue weighted by Crippen LogP contribution is 2.32. The third-order valence-electron chi connectivity index (χ3n) is 3.50. The highest BCUT2D eigenvalue weighted by atomic mass is 32.2. The van der Waals surface area contributed by atoms with E-state index in [4.69, 9.17) is 12.2 Å². The molecule has 1 fully saturated rings. The van der Waals surface area contributed by atoms with Crippen molar-refractivity contribution in [2.24, 2.45) is 0 Å². The summed E-state index contributed by atoms with van der Waals surface area (Å²) < 4.78 is 0.791. The summed E-state index contributed by atoms with van der Waals surface area (Å²) in [5, 5.41) is 2.83. The molecule has 114 valence electrons. The Kier molecular flexibility index (Phi) is 6.06. The number of thioether (sulfide) groups is 1. The maximum atomic E-state index is 12.5. The van der Waals surface area contributed by atoms with Gasteiger partial charge in [0.2, 0.25) is 5.91 Å². The number of rotatable bonds is 6. The van der Waals surface area contributed by atoms with E-state index in [1.165, 1.54) is 11.8 Å². The zero-order valence-electron chi connectivity index (χ0n) is 12.5. The lowest BCUT2D eigenvalue weighted by Crippen LogP contribution is -2.33. The first-order valence-corrected chi connectivity index (χ1v) is 8.75. The molecule has 3 nitrogen and oxygen atoms in total. The summed E-state index contributed by atoms with van der Waals surface area (Å²) in [6.45, 7) is 5.90. The minimum atomic E-state index is -0.264. The number of nitrogens with one attached hydrogen (secondary N) is 1. The van der Waals surface area contributed by atoms with Crippen molar-refractivity contribution in [3.8, 4) is 0 Å². The van der Waals surface area contributed by atoms with E-state index in [9.17, 15) is 4.79 Å². The maximum Gasteiger partial charge on any atom is 0.238 e. The van der Waals surface area contributed by atoms with Crippen molar-refractivity contribution >= 4 is 34.2 Å². The molecule has 1 amide bonds. The van der Waals surface area contributed by atoms with Crippen LogP contribution in [0.15, 0.2) is 30.3 Å². The Morgan fingerprint density at radius 1 is 1.33 bits per heavy atom. The number of nitrogens with zero attached hydrogens (tertiary/aromatic N) is 1. The fraction of sp³-hybridized carbons (Fsp3) is 0.500. The largest absolute Gasteiger partial charge is 0.358 e. The molecule has 0 aliphatic heterocycles. The Bertz CT molecular complexity index is 484. The molecular weight excluding hydrogens is 300 g/mol. The molecule has 0 radical (unpaired) electrons. The lowest BCUT2D eigenvalue weighted by molar-refractivity contribution is -0.120. The molecule has 0 heterocycles. The van der Waals surface area contributed by atoms with Gasteiger partial charge in [-0.05, 0) is 32.3 Å². The number of thiocarbonyl (C=S) groups is 1. The molecule has 1 aliphatic carbocycles. The third-order valence-corrected chi connectivity index (χ3v) is 5.23. The summed E-state index contributed by atoms with van der Waals surface area (Å²) in [5.41, 5.74) is 1.01. The van der Waals surface area contributed by atoms with Gasteiger partial charge in [0.15, 0.2) is 0 Å². The average Bonchev–Trinajstić information content (AvgIpc) is 3.30. The zero-order chi connectivity index (χ0) is 15.2. The lowest BCUT2D eigenvalue weighted by atomic mass is 10.1. The zero-order valence-corrected chi connectivity index (χ0v) is 14.2. The van der Waals surface area contributed by atoms with Gasteiger partial charge in [0, 0.05) is 19.1 Å². The van der Waals surface area contributed by atoms with Crippen LogP contribution in [-0.2, 0) is 4.79 Å². The van der Waals surface area contributed by atoms with Crippen molar-refractivity contribution in [2.75, 3.05) is 13.1 Å². The fourth-order valence-corrected chi connectivity index (χ4v) is 3.69. The normalized spacial score (nSPS) is 15.3. The first kappa shape index (κ1) is 16.3. The molecule has 1 aromatic rings. The molecule has 5 heteroatoms. The summed E-state index contributed by atoms with van der Waals surface area (Å²) in [5.74, 6) is 0.0724. The number of carbonyl (C=O) groups excluding carboxylic acids is 1. The summed E-state index contributed by atoms with van der Waals surface area (Å²) in [7, 11) is 0. The Morgan fingerprint density at radius 3 is 2.48 bits per heavy atom. The number of carbonyl (C=O) groups is 1. The van der Waals surface area contributed by atoms with Crippen molar-refractivity contribution < 1.29 is 4.79 Å². The van der Waals surface area contributed by atoms with Gasteiger partial charge in [0.25, 0.3) is 0 Å².